The molecule has 3 aromatic rings. The number of benzene rings is 1. The number of methoxy groups -OCH3 is 1. The summed E-state index contributed by atoms with van der Waals surface area (Å²) < 4.78 is 5.23. The predicted octanol–water partition coefficient (Wildman–Crippen LogP) is 2.86. The molecule has 0 atom stereocenters. The number of aromatic nitrogens is 2. The Bertz CT molecular complexity index is 959. The van der Waals surface area contributed by atoms with Gasteiger partial charge in [-0.1, -0.05) is 12.1 Å². The van der Waals surface area contributed by atoms with Crippen molar-refractivity contribution in [3.05, 3.63) is 50.9 Å². The van der Waals surface area contributed by atoms with E-state index in [4.69, 9.17) is 4.74 Å². The minimum absolute atomic E-state index is 0.224. The fourth-order valence-corrected chi connectivity index (χ4v) is 3.52. The van der Waals surface area contributed by atoms with E-state index in [2.05, 4.69) is 15.3 Å². The van der Waals surface area contributed by atoms with Crippen LogP contribution in [0.15, 0.2) is 29.1 Å². The maximum atomic E-state index is 12.6. The lowest BCUT2D eigenvalue weighted by Crippen LogP contribution is -2.13. The van der Waals surface area contributed by atoms with E-state index in [1.54, 1.807) is 33.1 Å². The molecular formula is C16H15N3O3S. The molecule has 23 heavy (non-hydrogen) atoms. The fourth-order valence-electron chi connectivity index (χ4n) is 2.40. The van der Waals surface area contributed by atoms with Crippen LogP contribution in [0.5, 0.6) is 5.75 Å². The Balaban J connectivity index is 2.03. The molecule has 2 heterocycles. The van der Waals surface area contributed by atoms with Crippen molar-refractivity contribution in [1.29, 1.82) is 0 Å². The molecule has 0 saturated carbocycles. The van der Waals surface area contributed by atoms with Crippen molar-refractivity contribution in [2.75, 3.05) is 12.4 Å². The van der Waals surface area contributed by atoms with Gasteiger partial charge in [-0.3, -0.25) is 9.59 Å². The lowest BCUT2D eigenvalue weighted by molar-refractivity contribution is 0.102. The highest BCUT2D eigenvalue weighted by molar-refractivity contribution is 7.20. The molecule has 2 N–H and O–H groups in total. The van der Waals surface area contributed by atoms with Crippen LogP contribution in [0.25, 0.3) is 10.2 Å². The number of ether oxygens (including phenoxy) is 1. The molecule has 0 radical (unpaired) electrons. The smallest absolute Gasteiger partial charge is 0.266 e. The summed E-state index contributed by atoms with van der Waals surface area (Å²) in [6.07, 6.45) is 0. The van der Waals surface area contributed by atoms with Gasteiger partial charge in [0.2, 0.25) is 0 Å². The van der Waals surface area contributed by atoms with Gasteiger partial charge < -0.3 is 15.0 Å². The zero-order valence-corrected chi connectivity index (χ0v) is 13.7. The molecule has 2 aromatic heterocycles. The number of rotatable bonds is 3. The van der Waals surface area contributed by atoms with Gasteiger partial charge in [-0.2, -0.15) is 0 Å². The van der Waals surface area contributed by atoms with Gasteiger partial charge >= 0.3 is 0 Å². The zero-order chi connectivity index (χ0) is 16.6. The summed E-state index contributed by atoms with van der Waals surface area (Å²) in [7, 11) is 1.54. The standard InChI is InChI=1S/C16H15N3O3S/c1-8-12-14(20)17-9(2)18-16(12)23-13(8)15(21)19-10-6-4-5-7-11(10)22-3/h4-7H,1-3H3,(H,19,21)(H,17,18,20). The average molecular weight is 329 g/mol. The van der Waals surface area contributed by atoms with Crippen LogP contribution in [-0.4, -0.2) is 23.0 Å². The second kappa shape index (κ2) is 5.85. The number of para-hydroxylation sites is 2. The number of thiophene rings is 1. The molecular weight excluding hydrogens is 314 g/mol. The topological polar surface area (TPSA) is 84.1 Å². The molecule has 118 valence electrons. The van der Waals surface area contributed by atoms with E-state index in [1.165, 1.54) is 11.3 Å². The van der Waals surface area contributed by atoms with Crippen LogP contribution in [0.2, 0.25) is 0 Å². The van der Waals surface area contributed by atoms with Gasteiger partial charge in [0.25, 0.3) is 11.5 Å². The highest BCUT2D eigenvalue weighted by Gasteiger charge is 2.19. The fraction of sp³-hybridized carbons (Fsp3) is 0.188. The Hall–Kier alpha value is -2.67. The van der Waals surface area contributed by atoms with Crippen LogP contribution in [0.1, 0.15) is 21.1 Å². The summed E-state index contributed by atoms with van der Waals surface area (Å²) in [5.74, 6) is 0.818. The number of carbonyl (C=O) groups excluding carboxylic acids is 1. The van der Waals surface area contributed by atoms with Gasteiger partial charge in [0.05, 0.1) is 23.1 Å². The van der Waals surface area contributed by atoms with Gasteiger partial charge in [0.1, 0.15) is 16.4 Å². The van der Waals surface area contributed by atoms with E-state index in [0.717, 1.165) is 0 Å². The zero-order valence-electron chi connectivity index (χ0n) is 12.9. The van der Waals surface area contributed by atoms with E-state index < -0.39 is 0 Å². The second-order valence-electron chi connectivity index (χ2n) is 5.04. The third-order valence-corrected chi connectivity index (χ3v) is 4.66. The highest BCUT2D eigenvalue weighted by Crippen LogP contribution is 2.29. The van der Waals surface area contributed by atoms with Gasteiger partial charge in [-0.25, -0.2) is 4.98 Å². The second-order valence-corrected chi connectivity index (χ2v) is 6.04. The van der Waals surface area contributed by atoms with Crippen LogP contribution in [0.4, 0.5) is 5.69 Å². The first-order valence-electron chi connectivity index (χ1n) is 6.95. The molecule has 1 amide bonds. The number of carbonyl (C=O) groups is 1. The quantitative estimate of drug-likeness (QED) is 0.774. The minimum atomic E-state index is -0.285. The Kier molecular flexibility index (Phi) is 3.87. The third-order valence-electron chi connectivity index (χ3n) is 3.48. The molecule has 0 fully saturated rings. The normalized spacial score (nSPS) is 10.7. The molecule has 0 unspecified atom stereocenters. The first kappa shape index (κ1) is 15.2. The molecule has 1 aromatic carbocycles. The molecule has 0 aliphatic carbocycles. The van der Waals surface area contributed by atoms with Crippen LogP contribution < -0.4 is 15.6 Å². The summed E-state index contributed by atoms with van der Waals surface area (Å²) in [6.45, 7) is 3.46. The van der Waals surface area contributed by atoms with Crippen LogP contribution in [0, 0.1) is 13.8 Å². The SMILES string of the molecule is COc1ccccc1NC(=O)c1sc2nc(C)[nH]c(=O)c2c1C. The Morgan fingerprint density at radius 2 is 2.04 bits per heavy atom. The molecule has 6 nitrogen and oxygen atoms in total. The van der Waals surface area contributed by atoms with E-state index in [1.807, 2.05) is 12.1 Å². The number of anilines is 1. The Morgan fingerprint density at radius 1 is 1.30 bits per heavy atom. The van der Waals surface area contributed by atoms with Crippen LogP contribution in [-0.2, 0) is 0 Å². The Morgan fingerprint density at radius 3 is 2.78 bits per heavy atom. The van der Waals surface area contributed by atoms with Crippen LogP contribution >= 0.6 is 11.3 Å². The van der Waals surface area contributed by atoms with Gasteiger partial charge in [-0.05, 0) is 31.5 Å². The minimum Gasteiger partial charge on any atom is -0.495 e. The van der Waals surface area contributed by atoms with E-state index >= 15 is 0 Å². The third kappa shape index (κ3) is 2.70. The number of nitrogens with zero attached hydrogens (tertiary/aromatic N) is 1. The number of amides is 1. The molecule has 0 aliphatic rings. The number of hydrogen-bond donors (Lipinski definition) is 2. The monoisotopic (exact) mass is 329 g/mol. The molecule has 0 spiro atoms. The summed E-state index contributed by atoms with van der Waals surface area (Å²) in [5.41, 5.74) is 0.985. The maximum absolute atomic E-state index is 12.6. The highest BCUT2D eigenvalue weighted by atomic mass is 32.1. The number of fused-ring (bicyclic) bond motifs is 1. The van der Waals surface area contributed by atoms with E-state index in [0.29, 0.717) is 37.9 Å². The van der Waals surface area contributed by atoms with Crippen molar-refractivity contribution in [3.63, 3.8) is 0 Å². The predicted molar refractivity (Wildman–Crippen MR) is 90.7 cm³/mol. The van der Waals surface area contributed by atoms with Crippen molar-refractivity contribution in [3.8, 4) is 5.75 Å². The van der Waals surface area contributed by atoms with Crippen molar-refractivity contribution in [2.24, 2.45) is 0 Å². The molecule has 0 aliphatic heterocycles. The molecule has 3 rings (SSSR count). The molecule has 0 bridgehead atoms. The number of aryl methyl sites for hydroxylation is 2. The number of aromatic amines is 1. The number of H-pyrrole nitrogens is 1. The first-order valence-corrected chi connectivity index (χ1v) is 7.77. The largest absolute Gasteiger partial charge is 0.495 e. The van der Waals surface area contributed by atoms with Gasteiger partial charge in [0, 0.05) is 0 Å². The van der Waals surface area contributed by atoms with E-state index in [9.17, 15) is 9.59 Å². The van der Waals surface area contributed by atoms with Crippen molar-refractivity contribution in [2.45, 2.75) is 13.8 Å². The van der Waals surface area contributed by atoms with Gasteiger partial charge in [-0.15, -0.1) is 11.3 Å². The lowest BCUT2D eigenvalue weighted by Gasteiger charge is -2.09. The number of nitrogens with one attached hydrogen (secondary N) is 2. The lowest BCUT2D eigenvalue weighted by atomic mass is 10.2. The summed E-state index contributed by atoms with van der Waals surface area (Å²) in [5, 5.41) is 3.28. The average Bonchev–Trinajstić information content (AvgIpc) is 2.84. The van der Waals surface area contributed by atoms with Crippen molar-refractivity contribution >= 4 is 33.1 Å². The van der Waals surface area contributed by atoms with Crippen molar-refractivity contribution in [1.82, 2.24) is 9.97 Å². The summed E-state index contributed by atoms with van der Waals surface area (Å²) >= 11 is 1.21. The van der Waals surface area contributed by atoms with Crippen LogP contribution in [0.3, 0.4) is 0 Å². The summed E-state index contributed by atoms with van der Waals surface area (Å²) in [4.78, 5) is 32.6. The molecule has 0 saturated heterocycles. The molecule has 7 heteroatoms. The number of hydrogen-bond acceptors (Lipinski definition) is 5. The maximum Gasteiger partial charge on any atom is 0.266 e. The van der Waals surface area contributed by atoms with Gasteiger partial charge in [0.15, 0.2) is 0 Å². The summed E-state index contributed by atoms with van der Waals surface area (Å²) in [6, 6.07) is 7.16. The first-order chi connectivity index (χ1) is 11.0. The van der Waals surface area contributed by atoms with E-state index in [-0.39, 0.29) is 11.5 Å². The van der Waals surface area contributed by atoms with Crippen molar-refractivity contribution < 1.29 is 9.53 Å². The Labute approximate surface area is 136 Å².